The number of aryl methyl sites for hydroxylation is 1. The lowest BCUT2D eigenvalue weighted by atomic mass is 10.0. The average molecular weight is 284 g/mol. The van der Waals surface area contributed by atoms with E-state index in [1.165, 1.54) is 0 Å². The van der Waals surface area contributed by atoms with Crippen molar-refractivity contribution in [3.63, 3.8) is 0 Å². The van der Waals surface area contributed by atoms with Crippen LogP contribution in [0.5, 0.6) is 5.75 Å². The van der Waals surface area contributed by atoms with Crippen molar-refractivity contribution in [2.75, 3.05) is 12.8 Å². The van der Waals surface area contributed by atoms with E-state index in [1.807, 2.05) is 43.3 Å². The SMILES string of the molecule is CCc1ccc(-c2onc(N)c2-c2ccccc2OC)o1. The van der Waals surface area contributed by atoms with Crippen LogP contribution in [0.1, 0.15) is 12.7 Å². The molecule has 0 amide bonds. The summed E-state index contributed by atoms with van der Waals surface area (Å²) in [5, 5.41) is 3.87. The van der Waals surface area contributed by atoms with Gasteiger partial charge in [-0.2, -0.15) is 0 Å². The van der Waals surface area contributed by atoms with Crippen LogP contribution >= 0.6 is 0 Å². The molecule has 0 aliphatic heterocycles. The van der Waals surface area contributed by atoms with E-state index in [0.29, 0.717) is 28.7 Å². The van der Waals surface area contributed by atoms with Gasteiger partial charge in [0.05, 0.1) is 12.7 Å². The molecule has 0 aliphatic rings. The first kappa shape index (κ1) is 13.3. The molecule has 3 aromatic rings. The predicted octanol–water partition coefficient (Wildman–Crippen LogP) is 3.75. The molecule has 0 unspecified atom stereocenters. The molecule has 0 bridgehead atoms. The second-order valence-electron chi connectivity index (χ2n) is 4.59. The van der Waals surface area contributed by atoms with E-state index < -0.39 is 0 Å². The molecule has 2 heterocycles. The Kier molecular flexibility index (Phi) is 3.39. The maximum absolute atomic E-state index is 5.97. The summed E-state index contributed by atoms with van der Waals surface area (Å²) in [5.41, 5.74) is 7.48. The molecule has 0 radical (unpaired) electrons. The van der Waals surface area contributed by atoms with Crippen molar-refractivity contribution in [1.29, 1.82) is 0 Å². The molecular weight excluding hydrogens is 268 g/mol. The fourth-order valence-corrected chi connectivity index (χ4v) is 2.27. The third kappa shape index (κ3) is 2.27. The molecule has 5 nitrogen and oxygen atoms in total. The minimum absolute atomic E-state index is 0.309. The molecule has 1 aromatic carbocycles. The first-order chi connectivity index (χ1) is 10.2. The Labute approximate surface area is 122 Å². The third-order valence-corrected chi connectivity index (χ3v) is 3.33. The molecule has 0 saturated carbocycles. The number of rotatable bonds is 4. The first-order valence-corrected chi connectivity index (χ1v) is 6.72. The van der Waals surface area contributed by atoms with Crippen LogP contribution in [0.2, 0.25) is 0 Å². The minimum Gasteiger partial charge on any atom is -0.496 e. The highest BCUT2D eigenvalue weighted by molar-refractivity contribution is 5.87. The fraction of sp³-hybridized carbons (Fsp3) is 0.188. The fourth-order valence-electron chi connectivity index (χ4n) is 2.27. The van der Waals surface area contributed by atoms with Crippen molar-refractivity contribution in [3.8, 4) is 28.4 Å². The van der Waals surface area contributed by atoms with Gasteiger partial charge >= 0.3 is 0 Å². The standard InChI is InChI=1S/C16H16N2O3/c1-3-10-8-9-13(20-10)15-14(16(17)18-21-15)11-6-4-5-7-12(11)19-2/h4-9H,3H2,1-2H3,(H2,17,18). The number of anilines is 1. The molecule has 0 spiro atoms. The highest BCUT2D eigenvalue weighted by Crippen LogP contribution is 2.41. The number of methoxy groups -OCH3 is 1. The average Bonchev–Trinajstić information content (AvgIpc) is 3.13. The molecule has 3 rings (SSSR count). The Morgan fingerprint density at radius 1 is 1.19 bits per heavy atom. The minimum atomic E-state index is 0.309. The van der Waals surface area contributed by atoms with Crippen LogP contribution in [0.3, 0.4) is 0 Å². The summed E-state index contributed by atoms with van der Waals surface area (Å²) in [6, 6.07) is 11.4. The summed E-state index contributed by atoms with van der Waals surface area (Å²) < 4.78 is 16.5. The van der Waals surface area contributed by atoms with Gasteiger partial charge in [-0.3, -0.25) is 0 Å². The second-order valence-corrected chi connectivity index (χ2v) is 4.59. The van der Waals surface area contributed by atoms with Crippen LogP contribution in [0.15, 0.2) is 45.3 Å². The Bertz CT molecular complexity index is 758. The van der Waals surface area contributed by atoms with E-state index >= 15 is 0 Å². The number of nitrogens with two attached hydrogens (primary N) is 1. The van der Waals surface area contributed by atoms with Crippen LogP contribution in [0.4, 0.5) is 5.82 Å². The van der Waals surface area contributed by atoms with Gasteiger partial charge < -0.3 is 19.4 Å². The lowest BCUT2D eigenvalue weighted by Gasteiger charge is -2.07. The zero-order valence-corrected chi connectivity index (χ0v) is 11.9. The summed E-state index contributed by atoms with van der Waals surface area (Å²) in [5.74, 6) is 3.01. The molecule has 0 aliphatic carbocycles. The van der Waals surface area contributed by atoms with Gasteiger partial charge in [-0.05, 0) is 18.2 Å². The summed E-state index contributed by atoms with van der Waals surface area (Å²) in [4.78, 5) is 0. The van der Waals surface area contributed by atoms with Gasteiger partial charge in [0.2, 0.25) is 5.76 Å². The molecule has 21 heavy (non-hydrogen) atoms. The monoisotopic (exact) mass is 284 g/mol. The van der Waals surface area contributed by atoms with Gasteiger partial charge in [-0.15, -0.1) is 0 Å². The van der Waals surface area contributed by atoms with Gasteiger partial charge in [0.25, 0.3) is 0 Å². The number of hydrogen-bond donors (Lipinski definition) is 1. The van der Waals surface area contributed by atoms with Crippen LogP contribution < -0.4 is 10.5 Å². The smallest absolute Gasteiger partial charge is 0.212 e. The van der Waals surface area contributed by atoms with Crippen LogP contribution in [0, 0.1) is 0 Å². The molecule has 2 N–H and O–H groups in total. The number of nitrogens with zero attached hydrogens (tertiary/aromatic N) is 1. The largest absolute Gasteiger partial charge is 0.496 e. The summed E-state index contributed by atoms with van der Waals surface area (Å²) in [6.45, 7) is 2.03. The highest BCUT2D eigenvalue weighted by atomic mass is 16.5. The zero-order valence-electron chi connectivity index (χ0n) is 11.9. The number of nitrogen functional groups attached to an aromatic ring is 1. The van der Waals surface area contributed by atoms with Gasteiger partial charge in [-0.25, -0.2) is 0 Å². The molecule has 2 aromatic heterocycles. The Morgan fingerprint density at radius 2 is 2.00 bits per heavy atom. The van der Waals surface area contributed by atoms with Crippen LogP contribution in [-0.4, -0.2) is 12.3 Å². The van der Waals surface area contributed by atoms with Crippen LogP contribution in [0.25, 0.3) is 22.6 Å². The maximum atomic E-state index is 5.97. The van der Waals surface area contributed by atoms with E-state index in [0.717, 1.165) is 17.7 Å². The predicted molar refractivity (Wildman–Crippen MR) is 80.0 cm³/mol. The quantitative estimate of drug-likeness (QED) is 0.789. The third-order valence-electron chi connectivity index (χ3n) is 3.33. The molecule has 0 saturated heterocycles. The van der Waals surface area contributed by atoms with Crippen molar-refractivity contribution in [2.45, 2.75) is 13.3 Å². The van der Waals surface area contributed by atoms with Gasteiger partial charge in [0, 0.05) is 12.0 Å². The lowest BCUT2D eigenvalue weighted by molar-refractivity contribution is 0.414. The number of aromatic nitrogens is 1. The Balaban J connectivity index is 2.17. The lowest BCUT2D eigenvalue weighted by Crippen LogP contribution is -1.92. The van der Waals surface area contributed by atoms with Gasteiger partial charge in [0.15, 0.2) is 11.6 Å². The van der Waals surface area contributed by atoms with E-state index in [9.17, 15) is 0 Å². The topological polar surface area (TPSA) is 74.4 Å². The number of furan rings is 1. The van der Waals surface area contributed by atoms with Gasteiger partial charge in [0.1, 0.15) is 11.5 Å². The van der Waals surface area contributed by atoms with Crippen molar-refractivity contribution < 1.29 is 13.7 Å². The second kappa shape index (κ2) is 5.36. The van der Waals surface area contributed by atoms with E-state index in [4.69, 9.17) is 19.4 Å². The van der Waals surface area contributed by atoms with Crippen molar-refractivity contribution >= 4 is 5.82 Å². The molecule has 0 fully saturated rings. The van der Waals surface area contributed by atoms with Gasteiger partial charge in [-0.1, -0.05) is 30.3 Å². The number of hydrogen-bond acceptors (Lipinski definition) is 5. The zero-order chi connectivity index (χ0) is 14.8. The first-order valence-electron chi connectivity index (χ1n) is 6.72. The molecule has 5 heteroatoms. The summed E-state index contributed by atoms with van der Waals surface area (Å²) >= 11 is 0. The van der Waals surface area contributed by atoms with E-state index in [2.05, 4.69) is 5.16 Å². The van der Waals surface area contributed by atoms with Crippen molar-refractivity contribution in [1.82, 2.24) is 5.16 Å². The summed E-state index contributed by atoms with van der Waals surface area (Å²) in [6.07, 6.45) is 0.813. The van der Waals surface area contributed by atoms with Crippen molar-refractivity contribution in [3.05, 3.63) is 42.2 Å². The molecular formula is C16H16N2O3. The van der Waals surface area contributed by atoms with E-state index in [-0.39, 0.29) is 0 Å². The Morgan fingerprint density at radius 3 is 2.71 bits per heavy atom. The summed E-state index contributed by atoms with van der Waals surface area (Å²) in [7, 11) is 1.62. The Hall–Kier alpha value is -2.69. The highest BCUT2D eigenvalue weighted by Gasteiger charge is 2.22. The van der Waals surface area contributed by atoms with Crippen LogP contribution in [-0.2, 0) is 6.42 Å². The maximum Gasteiger partial charge on any atom is 0.212 e. The number of ether oxygens (including phenoxy) is 1. The number of para-hydroxylation sites is 1. The van der Waals surface area contributed by atoms with E-state index in [1.54, 1.807) is 7.11 Å². The van der Waals surface area contributed by atoms with Crippen molar-refractivity contribution in [2.24, 2.45) is 0 Å². The molecule has 0 atom stereocenters. The number of benzene rings is 1. The molecule has 108 valence electrons. The normalized spacial score (nSPS) is 10.8.